The van der Waals surface area contributed by atoms with Crippen molar-refractivity contribution in [2.24, 2.45) is 0 Å². The molecule has 0 atom stereocenters. The lowest BCUT2D eigenvalue weighted by Gasteiger charge is -2.10. The van der Waals surface area contributed by atoms with Crippen LogP contribution in [0.5, 0.6) is 0 Å². The van der Waals surface area contributed by atoms with Crippen LogP contribution in [-0.2, 0) is 0 Å². The molecule has 5 aromatic rings. The van der Waals surface area contributed by atoms with E-state index in [2.05, 4.69) is 54.1 Å². The molecule has 0 spiro atoms. The van der Waals surface area contributed by atoms with Crippen molar-refractivity contribution >= 4 is 45.3 Å². The minimum Gasteiger partial charge on any atom is -0.324 e. The van der Waals surface area contributed by atoms with Crippen molar-refractivity contribution in [3.8, 4) is 11.3 Å². The van der Waals surface area contributed by atoms with Crippen molar-refractivity contribution in [2.45, 2.75) is 33.7 Å². The van der Waals surface area contributed by atoms with Gasteiger partial charge in [0, 0.05) is 21.4 Å². The fraction of sp³-hybridized carbons (Fsp3) is 0.217. The van der Waals surface area contributed by atoms with Gasteiger partial charge in [0.1, 0.15) is 0 Å². The van der Waals surface area contributed by atoms with Crippen molar-refractivity contribution in [1.82, 2.24) is 24.7 Å². The Kier molecular flexibility index (Phi) is 4.59. The lowest BCUT2D eigenvalue weighted by molar-refractivity contribution is 0.102. The molecule has 0 aliphatic rings. The zero-order valence-corrected chi connectivity index (χ0v) is 18.5. The van der Waals surface area contributed by atoms with E-state index >= 15 is 0 Å². The number of anilines is 1. The van der Waals surface area contributed by atoms with Crippen LogP contribution in [0.2, 0.25) is 0 Å². The van der Waals surface area contributed by atoms with E-state index in [1.165, 1.54) is 9.75 Å². The molecule has 0 aliphatic carbocycles. The Balaban J connectivity index is 1.63. The predicted molar refractivity (Wildman–Crippen MR) is 125 cm³/mol. The number of para-hydroxylation sites is 2. The first kappa shape index (κ1) is 19.4. The van der Waals surface area contributed by atoms with Crippen LogP contribution < -0.4 is 5.32 Å². The van der Waals surface area contributed by atoms with Crippen molar-refractivity contribution in [2.75, 3.05) is 5.32 Å². The zero-order chi connectivity index (χ0) is 21.7. The van der Waals surface area contributed by atoms with Crippen LogP contribution in [0.25, 0.3) is 33.3 Å². The number of H-pyrrole nitrogens is 1. The highest BCUT2D eigenvalue weighted by molar-refractivity contribution is 7.12. The fourth-order valence-electron chi connectivity index (χ4n) is 3.79. The number of fused-ring (bicyclic) bond motifs is 2. The van der Waals surface area contributed by atoms with Crippen molar-refractivity contribution < 1.29 is 4.79 Å². The Morgan fingerprint density at radius 2 is 1.97 bits per heavy atom. The van der Waals surface area contributed by atoms with E-state index in [1.54, 1.807) is 17.5 Å². The van der Waals surface area contributed by atoms with Crippen LogP contribution in [-0.4, -0.2) is 30.6 Å². The zero-order valence-electron chi connectivity index (χ0n) is 17.7. The molecule has 1 aromatic carbocycles. The van der Waals surface area contributed by atoms with E-state index < -0.39 is 0 Å². The molecule has 0 unspecified atom stereocenters. The number of aryl methyl sites for hydroxylation is 2. The minimum atomic E-state index is -0.249. The second kappa shape index (κ2) is 7.31. The summed E-state index contributed by atoms with van der Waals surface area (Å²) in [5, 5.41) is 8.12. The lowest BCUT2D eigenvalue weighted by atomic mass is 10.1. The molecule has 4 heterocycles. The molecule has 0 aliphatic heterocycles. The Labute approximate surface area is 183 Å². The van der Waals surface area contributed by atoms with Crippen molar-refractivity contribution in [1.29, 1.82) is 0 Å². The van der Waals surface area contributed by atoms with Crippen LogP contribution in [0.1, 0.15) is 40.0 Å². The van der Waals surface area contributed by atoms with Crippen LogP contribution in [0.3, 0.4) is 0 Å². The monoisotopic (exact) mass is 430 g/mol. The first-order chi connectivity index (χ1) is 14.9. The van der Waals surface area contributed by atoms with Crippen LogP contribution >= 0.6 is 11.3 Å². The highest BCUT2D eigenvalue weighted by Crippen LogP contribution is 2.32. The quantitative estimate of drug-likeness (QED) is 0.395. The fourth-order valence-corrected chi connectivity index (χ4v) is 4.73. The average Bonchev–Trinajstić information content (AvgIpc) is 3.42. The molecule has 2 N–H and O–H groups in total. The minimum absolute atomic E-state index is 0.122. The van der Waals surface area contributed by atoms with E-state index in [0.717, 1.165) is 27.7 Å². The SMILES string of the molecule is Cc1cc(-c2cc(C(=O)Nc3nc4ccccc4[nH]3)c3cnn(C(C)C)c3n2)c(C)s1. The number of nitrogens with zero attached hydrogens (tertiary/aromatic N) is 4. The number of rotatable bonds is 4. The standard InChI is InChI=1S/C23H22N6OS/c1-12(2)29-21-17(11-24-29)16(10-20(25-21)15-9-13(3)31-14(15)4)22(30)28-23-26-18-7-5-6-8-19(18)27-23/h5-12H,1-4H3,(H2,26,27,28,30). The van der Waals surface area contributed by atoms with Gasteiger partial charge >= 0.3 is 0 Å². The molecule has 0 radical (unpaired) electrons. The molecule has 156 valence electrons. The number of aromatic amines is 1. The van der Waals surface area contributed by atoms with Gasteiger partial charge in [-0.05, 0) is 52.0 Å². The molecule has 5 rings (SSSR count). The van der Waals surface area contributed by atoms with E-state index in [-0.39, 0.29) is 11.9 Å². The maximum atomic E-state index is 13.3. The lowest BCUT2D eigenvalue weighted by Crippen LogP contribution is -2.14. The second-order valence-corrected chi connectivity index (χ2v) is 9.32. The summed E-state index contributed by atoms with van der Waals surface area (Å²) < 4.78 is 1.85. The Hall–Kier alpha value is -3.52. The molecule has 4 aromatic heterocycles. The Morgan fingerprint density at radius 1 is 1.16 bits per heavy atom. The number of carbonyl (C=O) groups excluding carboxylic acids is 1. The van der Waals surface area contributed by atoms with Gasteiger partial charge in [0.2, 0.25) is 5.95 Å². The summed E-state index contributed by atoms with van der Waals surface area (Å²) in [7, 11) is 0. The summed E-state index contributed by atoms with van der Waals surface area (Å²) in [6, 6.07) is 11.8. The van der Waals surface area contributed by atoms with Crippen LogP contribution in [0.15, 0.2) is 42.6 Å². The molecule has 0 bridgehead atoms. The number of amides is 1. The van der Waals surface area contributed by atoms with E-state index in [4.69, 9.17) is 4.98 Å². The number of nitrogens with one attached hydrogen (secondary N) is 2. The molecule has 31 heavy (non-hydrogen) atoms. The van der Waals surface area contributed by atoms with Gasteiger partial charge < -0.3 is 4.98 Å². The average molecular weight is 431 g/mol. The highest BCUT2D eigenvalue weighted by atomic mass is 32.1. The number of pyridine rings is 1. The third kappa shape index (κ3) is 3.38. The number of hydrogen-bond donors (Lipinski definition) is 2. The second-order valence-electron chi connectivity index (χ2n) is 7.86. The maximum Gasteiger partial charge on any atom is 0.258 e. The van der Waals surface area contributed by atoms with Gasteiger partial charge in [0.05, 0.1) is 33.9 Å². The van der Waals surface area contributed by atoms with Crippen molar-refractivity contribution in [3.05, 3.63) is 57.9 Å². The summed E-state index contributed by atoms with van der Waals surface area (Å²) in [4.78, 5) is 28.2. The highest BCUT2D eigenvalue weighted by Gasteiger charge is 2.20. The van der Waals surface area contributed by atoms with Crippen LogP contribution in [0.4, 0.5) is 5.95 Å². The molecule has 0 saturated heterocycles. The van der Waals surface area contributed by atoms with E-state index in [9.17, 15) is 4.79 Å². The number of aromatic nitrogens is 5. The maximum absolute atomic E-state index is 13.3. The smallest absolute Gasteiger partial charge is 0.258 e. The van der Waals surface area contributed by atoms with Gasteiger partial charge in [-0.15, -0.1) is 11.3 Å². The van der Waals surface area contributed by atoms with Gasteiger partial charge in [-0.1, -0.05) is 12.1 Å². The van der Waals surface area contributed by atoms with E-state index in [0.29, 0.717) is 17.2 Å². The summed E-state index contributed by atoms with van der Waals surface area (Å²) in [6.07, 6.45) is 1.71. The third-order valence-corrected chi connectivity index (χ3v) is 6.20. The van der Waals surface area contributed by atoms with Crippen molar-refractivity contribution in [3.63, 3.8) is 0 Å². The molecular weight excluding hydrogens is 408 g/mol. The van der Waals surface area contributed by atoms with Gasteiger partial charge in [-0.2, -0.15) is 5.10 Å². The topological polar surface area (TPSA) is 88.5 Å². The predicted octanol–water partition coefficient (Wildman–Crippen LogP) is 5.49. The van der Waals surface area contributed by atoms with Gasteiger partial charge in [-0.3, -0.25) is 10.1 Å². The van der Waals surface area contributed by atoms with Gasteiger partial charge in [-0.25, -0.2) is 14.6 Å². The van der Waals surface area contributed by atoms with Gasteiger partial charge in [0.15, 0.2) is 5.65 Å². The molecular formula is C23H22N6OS. The normalized spacial score (nSPS) is 11.6. The summed E-state index contributed by atoms with van der Waals surface area (Å²) >= 11 is 1.72. The summed E-state index contributed by atoms with van der Waals surface area (Å²) in [6.45, 7) is 8.25. The van der Waals surface area contributed by atoms with Crippen LogP contribution in [0, 0.1) is 13.8 Å². The Morgan fingerprint density at radius 3 is 2.68 bits per heavy atom. The molecule has 1 amide bonds. The summed E-state index contributed by atoms with van der Waals surface area (Å²) in [5.41, 5.74) is 4.71. The number of imidazole rings is 1. The van der Waals surface area contributed by atoms with E-state index in [1.807, 2.05) is 35.0 Å². The third-order valence-electron chi connectivity index (χ3n) is 5.24. The number of hydrogen-bond acceptors (Lipinski definition) is 5. The number of benzene rings is 1. The molecule has 0 saturated carbocycles. The first-order valence-electron chi connectivity index (χ1n) is 10.1. The molecule has 0 fully saturated rings. The van der Waals surface area contributed by atoms with Gasteiger partial charge in [0.25, 0.3) is 5.91 Å². The molecule has 7 nitrogen and oxygen atoms in total. The largest absolute Gasteiger partial charge is 0.324 e. The Bertz CT molecular complexity index is 1410. The first-order valence-corrected chi connectivity index (χ1v) is 10.9. The summed E-state index contributed by atoms with van der Waals surface area (Å²) in [5.74, 6) is 0.164. The molecule has 8 heteroatoms. The number of thiophene rings is 1. The number of carbonyl (C=O) groups is 1.